The zero-order valence-corrected chi connectivity index (χ0v) is 12.7. The lowest BCUT2D eigenvalue weighted by Gasteiger charge is -2.21. The van der Waals surface area contributed by atoms with E-state index in [1.807, 2.05) is 18.2 Å². The molecular formula is C16H23NO2S. The molecule has 1 fully saturated rings. The summed E-state index contributed by atoms with van der Waals surface area (Å²) in [5.41, 5.74) is 0. The van der Waals surface area contributed by atoms with Gasteiger partial charge in [0.05, 0.1) is 10.8 Å². The van der Waals surface area contributed by atoms with E-state index in [0.29, 0.717) is 0 Å². The lowest BCUT2D eigenvalue weighted by molar-refractivity contribution is -0.118. The molecule has 1 atom stereocenters. The Morgan fingerprint density at radius 2 is 1.85 bits per heavy atom. The van der Waals surface area contributed by atoms with Gasteiger partial charge in [0.15, 0.2) is 0 Å². The molecule has 20 heavy (non-hydrogen) atoms. The van der Waals surface area contributed by atoms with Crippen LogP contribution in [0.2, 0.25) is 0 Å². The van der Waals surface area contributed by atoms with E-state index in [4.69, 9.17) is 0 Å². The van der Waals surface area contributed by atoms with Crippen LogP contribution in [0.25, 0.3) is 0 Å². The van der Waals surface area contributed by atoms with Crippen molar-refractivity contribution in [3.63, 3.8) is 0 Å². The van der Waals surface area contributed by atoms with Crippen molar-refractivity contribution >= 4 is 16.7 Å². The van der Waals surface area contributed by atoms with E-state index >= 15 is 0 Å². The summed E-state index contributed by atoms with van der Waals surface area (Å²) >= 11 is 0. The first-order valence-corrected chi connectivity index (χ1v) is 8.78. The Labute approximate surface area is 123 Å². The average Bonchev–Trinajstić information content (AvgIpc) is 2.49. The van der Waals surface area contributed by atoms with E-state index < -0.39 is 10.8 Å². The van der Waals surface area contributed by atoms with E-state index in [0.717, 1.165) is 23.8 Å². The highest BCUT2D eigenvalue weighted by molar-refractivity contribution is 7.85. The van der Waals surface area contributed by atoms with Crippen molar-refractivity contribution in [1.29, 1.82) is 0 Å². The SMILES string of the molecule is O=C(C[S@](=O)c1ccccc1)NCCC1CCCCC1. The summed E-state index contributed by atoms with van der Waals surface area (Å²) in [6.45, 7) is 0.718. The summed E-state index contributed by atoms with van der Waals surface area (Å²) in [7, 11) is -1.23. The normalized spacial score (nSPS) is 17.6. The highest BCUT2D eigenvalue weighted by Crippen LogP contribution is 2.25. The standard InChI is InChI=1S/C16H23NO2S/c18-16(13-20(19)15-9-5-2-6-10-15)17-12-11-14-7-3-1-4-8-14/h2,5-6,9-10,14H,1,3-4,7-8,11-13H2,(H,17,18)/t20-/m0/s1. The summed E-state index contributed by atoms with van der Waals surface area (Å²) < 4.78 is 12.0. The van der Waals surface area contributed by atoms with Gasteiger partial charge in [0, 0.05) is 11.4 Å². The number of carbonyl (C=O) groups is 1. The molecule has 0 aliphatic heterocycles. The van der Waals surface area contributed by atoms with E-state index in [9.17, 15) is 9.00 Å². The van der Waals surface area contributed by atoms with Gasteiger partial charge in [-0.25, -0.2) is 0 Å². The molecule has 1 saturated carbocycles. The first kappa shape index (κ1) is 15.2. The number of hydrogen-bond acceptors (Lipinski definition) is 2. The van der Waals surface area contributed by atoms with Gasteiger partial charge in [-0.05, 0) is 24.5 Å². The van der Waals surface area contributed by atoms with Gasteiger partial charge >= 0.3 is 0 Å². The third-order valence-electron chi connectivity index (χ3n) is 3.87. The minimum Gasteiger partial charge on any atom is -0.355 e. The Morgan fingerprint density at radius 1 is 1.15 bits per heavy atom. The van der Waals surface area contributed by atoms with Crippen LogP contribution >= 0.6 is 0 Å². The lowest BCUT2D eigenvalue weighted by atomic mass is 9.87. The Bertz CT molecular complexity index is 441. The van der Waals surface area contributed by atoms with Crippen LogP contribution < -0.4 is 5.32 Å². The van der Waals surface area contributed by atoms with Crippen molar-refractivity contribution in [2.24, 2.45) is 5.92 Å². The van der Waals surface area contributed by atoms with Gasteiger partial charge in [-0.3, -0.25) is 9.00 Å². The summed E-state index contributed by atoms with van der Waals surface area (Å²) in [4.78, 5) is 12.5. The molecule has 1 aliphatic carbocycles. The van der Waals surface area contributed by atoms with Crippen molar-refractivity contribution in [3.05, 3.63) is 30.3 Å². The number of nitrogens with one attached hydrogen (secondary N) is 1. The van der Waals surface area contributed by atoms with Gasteiger partial charge in [-0.1, -0.05) is 50.3 Å². The summed E-state index contributed by atoms with van der Waals surface area (Å²) in [6.07, 6.45) is 7.67. The number of benzene rings is 1. The van der Waals surface area contributed by atoms with Gasteiger partial charge in [0.25, 0.3) is 0 Å². The van der Waals surface area contributed by atoms with E-state index in [2.05, 4.69) is 5.32 Å². The Kier molecular flexibility index (Phi) is 6.25. The number of carbonyl (C=O) groups excluding carboxylic acids is 1. The largest absolute Gasteiger partial charge is 0.355 e. The summed E-state index contributed by atoms with van der Waals surface area (Å²) in [6, 6.07) is 9.16. The van der Waals surface area contributed by atoms with Gasteiger partial charge < -0.3 is 5.32 Å². The topological polar surface area (TPSA) is 46.2 Å². The maximum atomic E-state index is 12.0. The average molecular weight is 293 g/mol. The van der Waals surface area contributed by atoms with Crippen LogP contribution in [0.1, 0.15) is 38.5 Å². The quantitative estimate of drug-likeness (QED) is 0.876. The summed E-state index contributed by atoms with van der Waals surface area (Å²) in [5.74, 6) is 0.723. The predicted molar refractivity (Wildman–Crippen MR) is 81.9 cm³/mol. The van der Waals surface area contributed by atoms with Crippen LogP contribution in [-0.4, -0.2) is 22.4 Å². The number of amides is 1. The van der Waals surface area contributed by atoms with Gasteiger partial charge in [-0.15, -0.1) is 0 Å². The molecule has 1 aromatic carbocycles. The molecule has 1 aliphatic rings. The number of rotatable bonds is 6. The molecule has 1 aromatic rings. The van der Waals surface area contributed by atoms with Crippen LogP contribution in [0.5, 0.6) is 0 Å². The highest BCUT2D eigenvalue weighted by Gasteiger charge is 2.14. The molecule has 0 unspecified atom stereocenters. The first-order chi connectivity index (χ1) is 9.75. The molecule has 3 nitrogen and oxygen atoms in total. The molecule has 110 valence electrons. The molecule has 2 rings (SSSR count). The molecule has 0 bridgehead atoms. The van der Waals surface area contributed by atoms with Crippen molar-refractivity contribution in [2.45, 2.75) is 43.4 Å². The van der Waals surface area contributed by atoms with E-state index in [1.165, 1.54) is 32.1 Å². The van der Waals surface area contributed by atoms with Crippen LogP contribution in [-0.2, 0) is 15.6 Å². The van der Waals surface area contributed by atoms with Crippen molar-refractivity contribution in [2.75, 3.05) is 12.3 Å². The highest BCUT2D eigenvalue weighted by atomic mass is 32.2. The van der Waals surface area contributed by atoms with Crippen LogP contribution in [0.3, 0.4) is 0 Å². The smallest absolute Gasteiger partial charge is 0.232 e. The third-order valence-corrected chi connectivity index (χ3v) is 5.19. The van der Waals surface area contributed by atoms with Crippen molar-refractivity contribution in [1.82, 2.24) is 5.32 Å². The molecule has 4 heteroatoms. The molecule has 0 aromatic heterocycles. The molecule has 0 spiro atoms. The van der Waals surface area contributed by atoms with Gasteiger partial charge in [0.1, 0.15) is 5.75 Å². The van der Waals surface area contributed by atoms with Crippen molar-refractivity contribution in [3.8, 4) is 0 Å². The Balaban J connectivity index is 1.66. The minimum atomic E-state index is -1.23. The molecule has 0 heterocycles. The number of hydrogen-bond donors (Lipinski definition) is 1. The van der Waals surface area contributed by atoms with Crippen LogP contribution in [0.15, 0.2) is 35.2 Å². The monoisotopic (exact) mass is 293 g/mol. The molecule has 0 radical (unpaired) electrons. The molecule has 1 amide bonds. The minimum absolute atomic E-state index is 0.0642. The maximum Gasteiger partial charge on any atom is 0.232 e. The van der Waals surface area contributed by atoms with Crippen LogP contribution in [0, 0.1) is 5.92 Å². The van der Waals surface area contributed by atoms with Gasteiger partial charge in [0.2, 0.25) is 5.91 Å². The molecule has 1 N–H and O–H groups in total. The van der Waals surface area contributed by atoms with Crippen molar-refractivity contribution < 1.29 is 9.00 Å². The maximum absolute atomic E-state index is 12.0. The predicted octanol–water partition coefficient (Wildman–Crippen LogP) is 2.88. The zero-order valence-electron chi connectivity index (χ0n) is 11.8. The van der Waals surface area contributed by atoms with Crippen LogP contribution in [0.4, 0.5) is 0 Å². The second-order valence-electron chi connectivity index (χ2n) is 5.45. The molecule has 0 saturated heterocycles. The van der Waals surface area contributed by atoms with Gasteiger partial charge in [-0.2, -0.15) is 0 Å². The fraction of sp³-hybridized carbons (Fsp3) is 0.562. The fourth-order valence-corrected chi connectivity index (χ4v) is 3.68. The second kappa shape index (κ2) is 8.20. The first-order valence-electron chi connectivity index (χ1n) is 7.46. The third kappa shape index (κ3) is 5.08. The second-order valence-corrected chi connectivity index (χ2v) is 6.90. The molecular weight excluding hydrogens is 270 g/mol. The van der Waals surface area contributed by atoms with E-state index in [1.54, 1.807) is 12.1 Å². The van der Waals surface area contributed by atoms with E-state index in [-0.39, 0.29) is 11.7 Å². The zero-order chi connectivity index (χ0) is 14.2. The Morgan fingerprint density at radius 3 is 2.55 bits per heavy atom. The fourth-order valence-electron chi connectivity index (χ4n) is 2.72. The summed E-state index contributed by atoms with van der Waals surface area (Å²) in [5, 5.41) is 2.90. The lowest BCUT2D eigenvalue weighted by Crippen LogP contribution is -2.30. The Hall–Kier alpha value is -1.16.